The van der Waals surface area contributed by atoms with Crippen LogP contribution in [-0.2, 0) is 22.4 Å². The summed E-state index contributed by atoms with van der Waals surface area (Å²) in [6.45, 7) is 8.20. The molecule has 0 radical (unpaired) electrons. The molecule has 2 N–H and O–H groups in total. The first kappa shape index (κ1) is 27.0. The minimum absolute atomic E-state index is 0.104. The Morgan fingerprint density at radius 2 is 1.87 bits per heavy atom. The fraction of sp³-hybridized carbons (Fsp3) is 0.533. The highest BCUT2D eigenvalue weighted by molar-refractivity contribution is 5.90. The number of esters is 1. The average molecular weight is 535 g/mol. The number of aryl methyl sites for hydroxylation is 2. The number of hydrogen-bond acceptors (Lipinski definition) is 8. The van der Waals surface area contributed by atoms with Crippen LogP contribution in [0.4, 0.5) is 0 Å². The lowest BCUT2D eigenvalue weighted by atomic mass is 9.83. The molecule has 0 saturated heterocycles. The molecule has 0 bridgehead atoms. The number of cyclic esters (lactones) is 1. The second-order valence-electron chi connectivity index (χ2n) is 10.8. The molecule has 2 atom stereocenters. The van der Waals surface area contributed by atoms with Gasteiger partial charge in [0.2, 0.25) is 0 Å². The van der Waals surface area contributed by atoms with Gasteiger partial charge in [-0.2, -0.15) is 4.98 Å². The van der Waals surface area contributed by atoms with Crippen molar-refractivity contribution >= 4 is 11.7 Å². The van der Waals surface area contributed by atoms with Gasteiger partial charge >= 0.3 is 5.97 Å². The number of aliphatic hydroxyl groups excluding tert-OH is 1. The van der Waals surface area contributed by atoms with E-state index in [1.165, 1.54) is 0 Å². The Bertz CT molecular complexity index is 1410. The molecule has 3 aromatic rings. The Labute approximate surface area is 228 Å². The highest BCUT2D eigenvalue weighted by Gasteiger charge is 2.37. The zero-order valence-corrected chi connectivity index (χ0v) is 23.2. The number of nitrogens with zero attached hydrogens (tertiary/aromatic N) is 4. The van der Waals surface area contributed by atoms with Gasteiger partial charge in [-0.1, -0.05) is 19.8 Å². The topological polar surface area (TPSA) is 119 Å². The molecule has 1 aliphatic carbocycles. The number of aliphatic hydroxyl groups is 1. The van der Waals surface area contributed by atoms with Crippen molar-refractivity contribution in [3.8, 4) is 11.5 Å². The monoisotopic (exact) mass is 534 g/mol. The molecule has 2 aliphatic rings. The molecular weight excluding hydrogens is 496 g/mol. The first-order chi connectivity index (χ1) is 18.8. The summed E-state index contributed by atoms with van der Waals surface area (Å²) in [5, 5.41) is 26.7. The van der Waals surface area contributed by atoms with E-state index >= 15 is 0 Å². The number of fused-ring (bicyclic) bond motifs is 1. The first-order valence-electron chi connectivity index (χ1n) is 14.1. The number of phenols is 1. The first-order valence-corrected chi connectivity index (χ1v) is 14.1. The maximum Gasteiger partial charge on any atom is 0.337 e. The number of hydrogen-bond donors (Lipinski definition) is 2. The predicted molar refractivity (Wildman–Crippen MR) is 146 cm³/mol. The summed E-state index contributed by atoms with van der Waals surface area (Å²) in [6, 6.07) is 5.49. The SMILES string of the molecule is CCOc1cc(O)c(CC)c(C(CC2=C(O)CC(C3CCCC3)OC2=O)Cc2nc3nc(C)cc(C)n3n2)c1. The standard InChI is InChI=1S/C30H38N4O5/c1-5-22-23(14-21(38-6-2)15-25(22)35)20(13-28-32-30-31-17(3)11-18(4)34(30)33-28)12-24-26(36)16-27(39-29(24)37)19-9-7-8-10-19/h11,14-15,19-20,27,35-36H,5-10,12-13,16H2,1-4H3. The van der Waals surface area contributed by atoms with Crippen molar-refractivity contribution in [2.45, 2.75) is 91.1 Å². The van der Waals surface area contributed by atoms with E-state index in [9.17, 15) is 15.0 Å². The van der Waals surface area contributed by atoms with E-state index in [0.717, 1.165) is 48.2 Å². The van der Waals surface area contributed by atoms with E-state index in [2.05, 4.69) is 9.97 Å². The Morgan fingerprint density at radius 1 is 1.10 bits per heavy atom. The third-order valence-corrected chi connectivity index (χ3v) is 8.05. The van der Waals surface area contributed by atoms with Gasteiger partial charge in [0, 0.05) is 30.3 Å². The molecule has 9 nitrogen and oxygen atoms in total. The molecule has 0 amide bonds. The lowest BCUT2D eigenvalue weighted by molar-refractivity contribution is -0.150. The summed E-state index contributed by atoms with van der Waals surface area (Å²) in [5.41, 5.74) is 3.67. The molecular formula is C30H38N4O5. The molecule has 3 heterocycles. The van der Waals surface area contributed by atoms with Crippen LogP contribution in [0.5, 0.6) is 11.5 Å². The van der Waals surface area contributed by atoms with Gasteiger partial charge in [0.1, 0.15) is 23.4 Å². The Balaban J connectivity index is 1.54. The summed E-state index contributed by atoms with van der Waals surface area (Å²) in [7, 11) is 0. The number of ether oxygens (including phenoxy) is 2. The molecule has 2 unspecified atom stereocenters. The van der Waals surface area contributed by atoms with Crippen LogP contribution in [0.3, 0.4) is 0 Å². The zero-order chi connectivity index (χ0) is 27.7. The molecule has 1 aliphatic heterocycles. The highest BCUT2D eigenvalue weighted by Crippen LogP contribution is 2.40. The normalized spacial score (nSPS) is 19.1. The van der Waals surface area contributed by atoms with E-state index in [4.69, 9.17) is 14.6 Å². The number of aromatic nitrogens is 4. The molecule has 208 valence electrons. The predicted octanol–water partition coefficient (Wildman–Crippen LogP) is 5.44. The summed E-state index contributed by atoms with van der Waals surface area (Å²) < 4.78 is 13.3. The van der Waals surface area contributed by atoms with Gasteiger partial charge in [0.15, 0.2) is 5.82 Å². The molecule has 0 spiro atoms. The van der Waals surface area contributed by atoms with Crippen LogP contribution in [0.2, 0.25) is 0 Å². The second kappa shape index (κ2) is 11.2. The lowest BCUT2D eigenvalue weighted by Gasteiger charge is -2.30. The van der Waals surface area contributed by atoms with Gasteiger partial charge in [0.05, 0.1) is 12.2 Å². The highest BCUT2D eigenvalue weighted by atomic mass is 16.5. The Morgan fingerprint density at radius 3 is 2.56 bits per heavy atom. The molecule has 39 heavy (non-hydrogen) atoms. The Kier molecular flexibility index (Phi) is 7.77. The summed E-state index contributed by atoms with van der Waals surface area (Å²) >= 11 is 0. The van der Waals surface area contributed by atoms with Crippen LogP contribution < -0.4 is 4.74 Å². The largest absolute Gasteiger partial charge is 0.512 e. The number of carbonyl (C=O) groups is 1. The molecule has 1 aromatic carbocycles. The van der Waals surface area contributed by atoms with Crippen molar-refractivity contribution in [1.82, 2.24) is 19.6 Å². The number of phenolic OH excluding ortho intramolecular Hbond substituents is 1. The molecule has 9 heteroatoms. The van der Waals surface area contributed by atoms with E-state index < -0.39 is 5.97 Å². The van der Waals surface area contributed by atoms with Crippen LogP contribution in [0.15, 0.2) is 29.5 Å². The smallest absolute Gasteiger partial charge is 0.337 e. The second-order valence-corrected chi connectivity index (χ2v) is 10.8. The van der Waals surface area contributed by atoms with Crippen LogP contribution in [0, 0.1) is 19.8 Å². The quantitative estimate of drug-likeness (QED) is 0.348. The van der Waals surface area contributed by atoms with Gasteiger partial charge < -0.3 is 19.7 Å². The summed E-state index contributed by atoms with van der Waals surface area (Å²) in [5.74, 6) is 1.41. The van der Waals surface area contributed by atoms with E-state index in [0.29, 0.717) is 49.1 Å². The van der Waals surface area contributed by atoms with E-state index in [1.807, 2.05) is 39.8 Å². The van der Waals surface area contributed by atoms with Crippen molar-refractivity contribution in [2.75, 3.05) is 6.61 Å². The third kappa shape index (κ3) is 5.58. The molecule has 1 saturated carbocycles. The van der Waals surface area contributed by atoms with E-state index in [-0.39, 0.29) is 35.5 Å². The Hall–Kier alpha value is -3.62. The van der Waals surface area contributed by atoms with Gasteiger partial charge in [0.25, 0.3) is 5.78 Å². The molecule has 2 aromatic heterocycles. The van der Waals surface area contributed by atoms with Crippen molar-refractivity contribution in [3.63, 3.8) is 0 Å². The van der Waals surface area contributed by atoms with Crippen LogP contribution in [0.1, 0.15) is 86.6 Å². The maximum atomic E-state index is 13.2. The number of benzene rings is 1. The number of carbonyl (C=O) groups excluding carboxylic acids is 1. The number of rotatable bonds is 9. The fourth-order valence-electron chi connectivity index (χ4n) is 6.18. The van der Waals surface area contributed by atoms with E-state index in [1.54, 1.807) is 10.6 Å². The van der Waals surface area contributed by atoms with Gasteiger partial charge in [-0.25, -0.2) is 14.3 Å². The zero-order valence-electron chi connectivity index (χ0n) is 23.2. The fourth-order valence-corrected chi connectivity index (χ4v) is 6.18. The average Bonchev–Trinajstić information content (AvgIpc) is 3.56. The van der Waals surface area contributed by atoms with Crippen molar-refractivity contribution in [3.05, 3.63) is 57.9 Å². The lowest BCUT2D eigenvalue weighted by Crippen LogP contribution is -2.32. The molecule has 1 fully saturated rings. The third-order valence-electron chi connectivity index (χ3n) is 8.05. The van der Waals surface area contributed by atoms with Crippen LogP contribution in [0.25, 0.3) is 5.78 Å². The number of aromatic hydroxyl groups is 1. The summed E-state index contributed by atoms with van der Waals surface area (Å²) in [6.07, 6.45) is 5.59. The van der Waals surface area contributed by atoms with Crippen molar-refractivity contribution in [2.24, 2.45) is 5.92 Å². The van der Waals surface area contributed by atoms with Crippen molar-refractivity contribution < 1.29 is 24.5 Å². The van der Waals surface area contributed by atoms with Crippen LogP contribution >= 0.6 is 0 Å². The minimum atomic E-state index is -0.458. The van der Waals surface area contributed by atoms with Gasteiger partial charge in [-0.15, -0.1) is 5.10 Å². The van der Waals surface area contributed by atoms with Gasteiger partial charge in [-0.3, -0.25) is 0 Å². The van der Waals surface area contributed by atoms with Gasteiger partial charge in [-0.05, 0) is 81.5 Å². The maximum absolute atomic E-state index is 13.2. The molecule has 5 rings (SSSR count). The van der Waals surface area contributed by atoms with Crippen molar-refractivity contribution in [1.29, 1.82) is 0 Å². The minimum Gasteiger partial charge on any atom is -0.512 e. The van der Waals surface area contributed by atoms with Crippen LogP contribution in [-0.4, -0.2) is 48.5 Å². The summed E-state index contributed by atoms with van der Waals surface area (Å²) in [4.78, 5) is 22.4.